The van der Waals surface area contributed by atoms with E-state index in [4.69, 9.17) is 4.74 Å². The number of carbonyl (C=O) groups is 2. The van der Waals surface area contributed by atoms with Crippen LogP contribution in [0.15, 0.2) is 36.5 Å². The molecule has 7 nitrogen and oxygen atoms in total. The van der Waals surface area contributed by atoms with E-state index in [0.717, 1.165) is 50.0 Å². The van der Waals surface area contributed by atoms with Crippen molar-refractivity contribution in [1.82, 2.24) is 20.0 Å². The Morgan fingerprint density at radius 2 is 1.94 bits per heavy atom. The fraction of sp³-hybridized carbons (Fsp3) is 0.542. The minimum absolute atomic E-state index is 0.0273. The lowest BCUT2D eigenvalue weighted by Crippen LogP contribution is -2.40. The summed E-state index contributed by atoms with van der Waals surface area (Å²) < 4.78 is 5.72. The van der Waals surface area contributed by atoms with Gasteiger partial charge in [0.15, 0.2) is 0 Å². The quantitative estimate of drug-likeness (QED) is 0.771. The third kappa shape index (κ3) is 5.34. The van der Waals surface area contributed by atoms with Crippen LogP contribution in [0.4, 0.5) is 0 Å². The highest BCUT2D eigenvalue weighted by Gasteiger charge is 2.30. The van der Waals surface area contributed by atoms with Crippen LogP contribution >= 0.6 is 0 Å². The van der Waals surface area contributed by atoms with E-state index in [-0.39, 0.29) is 23.8 Å². The van der Waals surface area contributed by atoms with Crippen molar-refractivity contribution in [3.63, 3.8) is 0 Å². The van der Waals surface area contributed by atoms with Crippen molar-refractivity contribution in [2.75, 3.05) is 26.7 Å². The van der Waals surface area contributed by atoms with E-state index in [1.807, 2.05) is 42.3 Å². The molecule has 1 aromatic carbocycles. The zero-order chi connectivity index (χ0) is 21.6. The number of benzene rings is 1. The molecule has 2 aliphatic rings. The van der Waals surface area contributed by atoms with E-state index in [2.05, 4.69) is 10.2 Å². The van der Waals surface area contributed by atoms with Gasteiger partial charge in [0.2, 0.25) is 5.91 Å². The molecule has 166 valence electrons. The average Bonchev–Trinajstić information content (AvgIpc) is 3.30. The summed E-state index contributed by atoms with van der Waals surface area (Å²) in [6.07, 6.45) is 7.11. The van der Waals surface area contributed by atoms with Gasteiger partial charge >= 0.3 is 0 Å². The Morgan fingerprint density at radius 3 is 2.65 bits per heavy atom. The summed E-state index contributed by atoms with van der Waals surface area (Å²) in [4.78, 5) is 29.4. The molecule has 0 saturated carbocycles. The van der Waals surface area contributed by atoms with Gasteiger partial charge in [0.25, 0.3) is 5.91 Å². The smallest absolute Gasteiger partial charge is 0.257 e. The van der Waals surface area contributed by atoms with Crippen LogP contribution in [-0.4, -0.2) is 64.7 Å². The van der Waals surface area contributed by atoms with E-state index in [1.165, 1.54) is 0 Å². The topological polar surface area (TPSA) is 78.5 Å². The van der Waals surface area contributed by atoms with E-state index in [9.17, 15) is 9.59 Å². The average molecular weight is 425 g/mol. The van der Waals surface area contributed by atoms with Gasteiger partial charge in [0.1, 0.15) is 0 Å². The van der Waals surface area contributed by atoms with E-state index in [1.54, 1.807) is 11.1 Å². The van der Waals surface area contributed by atoms with Crippen LogP contribution in [0.1, 0.15) is 66.1 Å². The molecule has 1 aromatic heterocycles. The summed E-state index contributed by atoms with van der Waals surface area (Å²) in [5.74, 6) is 0.371. The van der Waals surface area contributed by atoms with E-state index in [0.29, 0.717) is 31.6 Å². The highest BCUT2D eigenvalue weighted by Crippen LogP contribution is 2.30. The SMILES string of the molecule is CN(Cc1ccccc1)C(=O)c1cn[nH]c1C1CCN(C(=O)C[C@@H]2CCCCO2)CC1. The number of likely N-dealkylation sites (tertiary alicyclic amines) is 1. The zero-order valence-corrected chi connectivity index (χ0v) is 18.3. The van der Waals surface area contributed by atoms with Crippen LogP contribution in [0.2, 0.25) is 0 Å². The number of rotatable bonds is 6. The first kappa shape index (κ1) is 21.6. The fourth-order valence-corrected chi connectivity index (χ4v) is 4.62. The Bertz CT molecular complexity index is 868. The summed E-state index contributed by atoms with van der Waals surface area (Å²) >= 11 is 0. The molecule has 7 heteroatoms. The van der Waals surface area contributed by atoms with Crippen LogP contribution in [0.3, 0.4) is 0 Å². The number of H-pyrrole nitrogens is 1. The molecule has 0 aliphatic carbocycles. The molecule has 3 heterocycles. The number of ether oxygens (including phenoxy) is 1. The summed E-state index contributed by atoms with van der Waals surface area (Å²) in [6, 6.07) is 9.97. The van der Waals surface area contributed by atoms with Gasteiger partial charge in [0, 0.05) is 39.2 Å². The monoisotopic (exact) mass is 424 g/mol. The van der Waals surface area contributed by atoms with Gasteiger partial charge in [-0.25, -0.2) is 0 Å². The first-order valence-corrected chi connectivity index (χ1v) is 11.3. The maximum Gasteiger partial charge on any atom is 0.257 e. The van der Waals surface area contributed by atoms with Crippen molar-refractivity contribution >= 4 is 11.8 Å². The molecule has 2 saturated heterocycles. The lowest BCUT2D eigenvalue weighted by molar-refractivity contribution is -0.136. The predicted octanol–water partition coefficient (Wildman–Crippen LogP) is 3.35. The van der Waals surface area contributed by atoms with Crippen molar-refractivity contribution in [2.24, 2.45) is 0 Å². The minimum Gasteiger partial charge on any atom is -0.378 e. The molecule has 0 spiro atoms. The molecule has 4 rings (SSSR count). The fourth-order valence-electron chi connectivity index (χ4n) is 4.62. The highest BCUT2D eigenvalue weighted by molar-refractivity contribution is 5.95. The van der Waals surface area contributed by atoms with Gasteiger partial charge < -0.3 is 14.5 Å². The van der Waals surface area contributed by atoms with Crippen LogP contribution in [0.5, 0.6) is 0 Å². The van der Waals surface area contributed by atoms with Crippen molar-refractivity contribution in [3.05, 3.63) is 53.3 Å². The number of piperidine rings is 1. The number of hydrogen-bond donors (Lipinski definition) is 1. The third-order valence-electron chi connectivity index (χ3n) is 6.44. The Balaban J connectivity index is 1.32. The van der Waals surface area contributed by atoms with Gasteiger partial charge in [-0.05, 0) is 37.7 Å². The van der Waals surface area contributed by atoms with Crippen molar-refractivity contribution in [3.8, 4) is 0 Å². The van der Waals surface area contributed by atoms with Gasteiger partial charge in [0.05, 0.1) is 30.0 Å². The van der Waals surface area contributed by atoms with Gasteiger partial charge in [-0.15, -0.1) is 0 Å². The highest BCUT2D eigenvalue weighted by atomic mass is 16.5. The van der Waals surface area contributed by atoms with E-state index < -0.39 is 0 Å². The van der Waals surface area contributed by atoms with Crippen LogP contribution < -0.4 is 0 Å². The summed E-state index contributed by atoms with van der Waals surface area (Å²) in [5, 5.41) is 7.23. The number of aromatic amines is 1. The summed E-state index contributed by atoms with van der Waals surface area (Å²) in [6.45, 7) is 2.75. The maximum absolute atomic E-state index is 13.1. The van der Waals surface area contributed by atoms with Crippen molar-refractivity contribution in [1.29, 1.82) is 0 Å². The Hall–Kier alpha value is -2.67. The Labute approximate surface area is 183 Å². The second-order valence-electron chi connectivity index (χ2n) is 8.69. The van der Waals surface area contributed by atoms with E-state index >= 15 is 0 Å². The molecule has 0 unspecified atom stereocenters. The molecule has 0 bridgehead atoms. The number of carbonyl (C=O) groups excluding carboxylic acids is 2. The second kappa shape index (κ2) is 10.1. The van der Waals surface area contributed by atoms with Crippen molar-refractivity contribution < 1.29 is 14.3 Å². The second-order valence-corrected chi connectivity index (χ2v) is 8.69. The normalized spacial score (nSPS) is 19.9. The van der Waals surface area contributed by atoms with Crippen LogP contribution in [0, 0.1) is 0 Å². The molecule has 1 atom stereocenters. The molecule has 2 fully saturated rings. The van der Waals surface area contributed by atoms with Crippen molar-refractivity contribution in [2.45, 2.75) is 57.1 Å². The maximum atomic E-state index is 13.1. The van der Waals surface area contributed by atoms with Gasteiger partial charge in [-0.1, -0.05) is 30.3 Å². The molecule has 2 aliphatic heterocycles. The largest absolute Gasteiger partial charge is 0.378 e. The molecular weight excluding hydrogens is 392 g/mol. The molecule has 0 radical (unpaired) electrons. The third-order valence-corrected chi connectivity index (χ3v) is 6.44. The molecule has 1 N–H and O–H groups in total. The molecule has 2 amide bonds. The first-order chi connectivity index (χ1) is 15.1. The minimum atomic E-state index is -0.0273. The Morgan fingerprint density at radius 1 is 1.16 bits per heavy atom. The molecular formula is C24H32N4O3. The van der Waals surface area contributed by atoms with Crippen LogP contribution in [-0.2, 0) is 16.1 Å². The zero-order valence-electron chi connectivity index (χ0n) is 18.3. The summed E-state index contributed by atoms with van der Waals surface area (Å²) in [7, 11) is 1.82. The summed E-state index contributed by atoms with van der Waals surface area (Å²) in [5.41, 5.74) is 2.63. The van der Waals surface area contributed by atoms with Gasteiger partial charge in [-0.2, -0.15) is 5.10 Å². The molecule has 31 heavy (non-hydrogen) atoms. The number of nitrogens with zero attached hydrogens (tertiary/aromatic N) is 3. The number of aromatic nitrogens is 2. The number of nitrogens with one attached hydrogen (secondary N) is 1. The first-order valence-electron chi connectivity index (χ1n) is 11.3. The standard InChI is InChI=1S/C24H32N4O3/c1-27(17-18-7-3-2-4-8-18)24(30)21-16-25-26-23(21)19-10-12-28(13-11-19)22(29)15-20-9-5-6-14-31-20/h2-4,7-8,16,19-20H,5-6,9-15,17H2,1H3,(H,25,26)/t20-/m0/s1. The predicted molar refractivity (Wildman–Crippen MR) is 118 cm³/mol. The number of hydrogen-bond acceptors (Lipinski definition) is 4. The Kier molecular flexibility index (Phi) is 7.02. The van der Waals surface area contributed by atoms with Gasteiger partial charge in [-0.3, -0.25) is 14.7 Å². The van der Waals surface area contributed by atoms with Crippen LogP contribution in [0.25, 0.3) is 0 Å². The number of amides is 2. The lowest BCUT2D eigenvalue weighted by Gasteiger charge is -2.33. The molecule has 2 aromatic rings. The lowest BCUT2D eigenvalue weighted by atomic mass is 9.90.